The molecule has 0 amide bonds. The average molecular weight is 305 g/mol. The fraction of sp³-hybridized carbons (Fsp3) is 0.111. The zero-order chi connectivity index (χ0) is 10.7. The van der Waals surface area contributed by atoms with Crippen LogP contribution < -0.4 is 0 Å². The van der Waals surface area contributed by atoms with Crippen molar-refractivity contribution in [3.63, 3.8) is 0 Å². The molecule has 0 aliphatic heterocycles. The Morgan fingerprint density at radius 2 is 2.29 bits per heavy atom. The number of rotatable bonds is 1. The molecule has 1 rings (SSSR count). The minimum atomic E-state index is -0.745. The van der Waals surface area contributed by atoms with Crippen LogP contribution in [0.25, 0.3) is 0 Å². The predicted octanol–water partition coefficient (Wildman–Crippen LogP) is 2.09. The van der Waals surface area contributed by atoms with Crippen molar-refractivity contribution in [1.82, 2.24) is 0 Å². The summed E-state index contributed by atoms with van der Waals surface area (Å²) in [5.41, 5.74) is 0.0478. The van der Waals surface area contributed by atoms with Crippen LogP contribution in [0.4, 0.5) is 4.39 Å². The van der Waals surface area contributed by atoms with Crippen molar-refractivity contribution in [1.29, 1.82) is 5.26 Å². The summed E-state index contributed by atoms with van der Waals surface area (Å²) in [6.07, 6.45) is 0. The highest BCUT2D eigenvalue weighted by Gasteiger charge is 2.14. The largest absolute Gasteiger partial charge is 0.465 e. The lowest BCUT2D eigenvalue weighted by Crippen LogP contribution is -2.05. The fourth-order valence-corrected chi connectivity index (χ4v) is 1.49. The van der Waals surface area contributed by atoms with Crippen molar-refractivity contribution >= 4 is 28.6 Å². The zero-order valence-corrected chi connectivity index (χ0v) is 9.33. The number of carbonyl (C=O) groups excluding carboxylic acids is 1. The van der Waals surface area contributed by atoms with E-state index in [-0.39, 0.29) is 11.1 Å². The number of halogens is 2. The number of hydrogen-bond donors (Lipinski definition) is 0. The van der Waals surface area contributed by atoms with Gasteiger partial charge in [0.05, 0.1) is 18.2 Å². The van der Waals surface area contributed by atoms with Gasteiger partial charge in [-0.2, -0.15) is 5.26 Å². The number of nitrogens with zero attached hydrogens (tertiary/aromatic N) is 1. The molecule has 0 fully saturated rings. The van der Waals surface area contributed by atoms with Crippen LogP contribution in [0.5, 0.6) is 0 Å². The molecule has 0 atom stereocenters. The van der Waals surface area contributed by atoms with E-state index >= 15 is 0 Å². The van der Waals surface area contributed by atoms with E-state index in [1.54, 1.807) is 0 Å². The average Bonchev–Trinajstić information content (AvgIpc) is 2.19. The second kappa shape index (κ2) is 4.37. The first-order valence-electron chi connectivity index (χ1n) is 3.57. The molecule has 0 unspecified atom stereocenters. The van der Waals surface area contributed by atoms with Crippen LogP contribution in [0.3, 0.4) is 0 Å². The first-order valence-corrected chi connectivity index (χ1v) is 4.65. The highest BCUT2D eigenvalue weighted by atomic mass is 127. The van der Waals surface area contributed by atoms with Gasteiger partial charge in [0.25, 0.3) is 0 Å². The lowest BCUT2D eigenvalue weighted by atomic mass is 10.1. The minimum Gasteiger partial charge on any atom is -0.465 e. The van der Waals surface area contributed by atoms with Gasteiger partial charge in [-0.05, 0) is 34.7 Å². The Morgan fingerprint density at radius 3 is 2.79 bits per heavy atom. The van der Waals surface area contributed by atoms with Crippen molar-refractivity contribution in [2.75, 3.05) is 7.11 Å². The summed E-state index contributed by atoms with van der Waals surface area (Å²) in [4.78, 5) is 11.0. The SMILES string of the molecule is COC(=O)c1cc(I)c(C#N)cc1F. The molecule has 14 heavy (non-hydrogen) atoms. The third-order valence-corrected chi connectivity index (χ3v) is 2.47. The van der Waals surface area contributed by atoms with Gasteiger partial charge in [0.1, 0.15) is 11.9 Å². The second-order valence-corrected chi connectivity index (χ2v) is 3.58. The molecular weight excluding hydrogens is 300 g/mol. The summed E-state index contributed by atoms with van der Waals surface area (Å²) < 4.78 is 18.1. The smallest absolute Gasteiger partial charge is 0.340 e. The minimum absolute atomic E-state index is 0.157. The molecule has 0 aliphatic rings. The van der Waals surface area contributed by atoms with Crippen molar-refractivity contribution in [2.24, 2.45) is 0 Å². The predicted molar refractivity (Wildman–Crippen MR) is 55.2 cm³/mol. The molecule has 0 saturated carbocycles. The van der Waals surface area contributed by atoms with Gasteiger partial charge >= 0.3 is 5.97 Å². The third kappa shape index (κ3) is 2.01. The maximum absolute atomic E-state index is 13.2. The molecule has 0 bridgehead atoms. The van der Waals surface area contributed by atoms with Crippen LogP contribution in [0.2, 0.25) is 0 Å². The highest BCUT2D eigenvalue weighted by Crippen LogP contribution is 2.17. The Kier molecular flexibility index (Phi) is 3.41. The molecule has 1 aromatic rings. The van der Waals surface area contributed by atoms with Gasteiger partial charge in [-0.15, -0.1) is 0 Å². The lowest BCUT2D eigenvalue weighted by molar-refractivity contribution is 0.0595. The highest BCUT2D eigenvalue weighted by molar-refractivity contribution is 14.1. The Morgan fingerprint density at radius 1 is 1.64 bits per heavy atom. The molecule has 0 saturated heterocycles. The van der Waals surface area contributed by atoms with Gasteiger partial charge in [0.15, 0.2) is 0 Å². The lowest BCUT2D eigenvalue weighted by Gasteiger charge is -2.02. The molecular formula is C9H5FINO2. The van der Waals surface area contributed by atoms with E-state index in [9.17, 15) is 9.18 Å². The summed E-state index contributed by atoms with van der Waals surface area (Å²) in [5, 5.41) is 8.59. The summed E-state index contributed by atoms with van der Waals surface area (Å²) in [7, 11) is 1.17. The van der Waals surface area contributed by atoms with Gasteiger partial charge < -0.3 is 4.74 Å². The van der Waals surface area contributed by atoms with Crippen molar-refractivity contribution in [2.45, 2.75) is 0 Å². The fourth-order valence-electron chi connectivity index (χ4n) is 0.899. The molecule has 3 nitrogen and oxygen atoms in total. The number of esters is 1. The van der Waals surface area contributed by atoms with E-state index in [1.807, 2.05) is 28.7 Å². The Balaban J connectivity index is 3.30. The number of hydrogen-bond acceptors (Lipinski definition) is 3. The van der Waals surface area contributed by atoms with Gasteiger partial charge in [0.2, 0.25) is 0 Å². The number of nitriles is 1. The van der Waals surface area contributed by atoms with E-state index < -0.39 is 11.8 Å². The summed E-state index contributed by atoms with van der Waals surface area (Å²) in [6.45, 7) is 0. The maximum Gasteiger partial charge on any atom is 0.340 e. The second-order valence-electron chi connectivity index (χ2n) is 2.42. The van der Waals surface area contributed by atoms with Crippen molar-refractivity contribution in [3.8, 4) is 6.07 Å². The van der Waals surface area contributed by atoms with Crippen LogP contribution in [-0.2, 0) is 4.74 Å². The Bertz CT molecular complexity index is 426. The van der Waals surface area contributed by atoms with Crippen LogP contribution >= 0.6 is 22.6 Å². The zero-order valence-electron chi connectivity index (χ0n) is 7.17. The molecule has 72 valence electrons. The first kappa shape index (κ1) is 10.9. The topological polar surface area (TPSA) is 50.1 Å². The number of carbonyl (C=O) groups is 1. The van der Waals surface area contributed by atoms with E-state index in [1.165, 1.54) is 13.2 Å². The van der Waals surface area contributed by atoms with E-state index in [0.717, 1.165) is 6.07 Å². The van der Waals surface area contributed by atoms with E-state index in [4.69, 9.17) is 5.26 Å². The molecule has 5 heteroatoms. The van der Waals surface area contributed by atoms with Gasteiger partial charge in [-0.1, -0.05) is 0 Å². The molecule has 0 spiro atoms. The molecule has 0 aromatic heterocycles. The monoisotopic (exact) mass is 305 g/mol. The first-order chi connectivity index (χ1) is 6.60. The van der Waals surface area contributed by atoms with Crippen LogP contribution in [-0.4, -0.2) is 13.1 Å². The number of methoxy groups -OCH3 is 1. The summed E-state index contributed by atoms with van der Waals surface area (Å²) in [5.74, 6) is -1.49. The van der Waals surface area contributed by atoms with Crippen molar-refractivity contribution in [3.05, 3.63) is 32.6 Å². The van der Waals surface area contributed by atoms with Crippen LogP contribution in [0, 0.1) is 20.7 Å². The quantitative estimate of drug-likeness (QED) is 0.590. The van der Waals surface area contributed by atoms with Crippen LogP contribution in [0.1, 0.15) is 15.9 Å². The molecule has 0 N–H and O–H groups in total. The number of benzene rings is 1. The van der Waals surface area contributed by atoms with Gasteiger partial charge in [-0.25, -0.2) is 9.18 Å². The van der Waals surface area contributed by atoms with Crippen molar-refractivity contribution < 1.29 is 13.9 Å². The maximum atomic E-state index is 13.2. The molecule has 0 heterocycles. The molecule has 1 aromatic carbocycles. The molecule has 0 aliphatic carbocycles. The standard InChI is InChI=1S/C9H5FINO2/c1-14-9(13)6-3-8(11)5(4-12)2-7(6)10/h2-3H,1H3. The van der Waals surface area contributed by atoms with Crippen LogP contribution in [0.15, 0.2) is 12.1 Å². The third-order valence-electron chi connectivity index (χ3n) is 1.58. The normalized spacial score (nSPS) is 9.29. The van der Waals surface area contributed by atoms with E-state index in [0.29, 0.717) is 3.57 Å². The summed E-state index contributed by atoms with van der Waals surface area (Å²) >= 11 is 1.86. The van der Waals surface area contributed by atoms with Gasteiger partial charge in [-0.3, -0.25) is 0 Å². The molecule has 0 radical (unpaired) electrons. The van der Waals surface area contributed by atoms with Gasteiger partial charge in [0, 0.05) is 3.57 Å². The van der Waals surface area contributed by atoms with E-state index in [2.05, 4.69) is 4.74 Å². The Labute approximate surface area is 93.6 Å². The number of ether oxygens (including phenoxy) is 1. The summed E-state index contributed by atoms with van der Waals surface area (Å²) in [6, 6.07) is 4.13. The Hall–Kier alpha value is -1.16.